The van der Waals surface area contributed by atoms with Gasteiger partial charge in [-0.3, -0.25) is 9.59 Å². The van der Waals surface area contributed by atoms with Gasteiger partial charge in [-0.1, -0.05) is 19.1 Å². The maximum Gasteiger partial charge on any atom is 0.230 e. The van der Waals surface area contributed by atoms with Gasteiger partial charge in [-0.15, -0.1) is 0 Å². The molecule has 1 heterocycles. The molecular formula is C24H28N2O3. The highest BCUT2D eigenvalue weighted by Gasteiger charge is 2.35. The summed E-state index contributed by atoms with van der Waals surface area (Å²) in [5.41, 5.74) is 4.07. The van der Waals surface area contributed by atoms with Crippen LogP contribution in [0.25, 0.3) is 0 Å². The standard InChI is InChI=1S/C24H28N2O3/c1-16(17-7-10-21(29-2)11-8-17)14-23(27)25-20-9-12-22-19(15-20)4-3-13-26(22)24(28)18-5-6-18/h7-12,15-16,18H,3-6,13-14H2,1-2H3,(H,25,27). The van der Waals surface area contributed by atoms with Crippen LogP contribution < -0.4 is 15.0 Å². The van der Waals surface area contributed by atoms with Crippen molar-refractivity contribution in [1.82, 2.24) is 0 Å². The van der Waals surface area contributed by atoms with E-state index < -0.39 is 0 Å². The average molecular weight is 392 g/mol. The van der Waals surface area contributed by atoms with Crippen molar-refractivity contribution in [3.05, 3.63) is 53.6 Å². The van der Waals surface area contributed by atoms with Gasteiger partial charge in [0.05, 0.1) is 7.11 Å². The Balaban J connectivity index is 1.40. The minimum atomic E-state index is -0.00464. The Labute approximate surface area is 172 Å². The number of hydrogen-bond acceptors (Lipinski definition) is 3. The van der Waals surface area contributed by atoms with E-state index in [1.165, 1.54) is 0 Å². The normalized spacial score (nSPS) is 16.7. The molecule has 1 fully saturated rings. The van der Waals surface area contributed by atoms with E-state index in [9.17, 15) is 9.59 Å². The molecule has 0 spiro atoms. The topological polar surface area (TPSA) is 58.6 Å². The fourth-order valence-electron chi connectivity index (χ4n) is 3.99. The number of amides is 2. The van der Waals surface area contributed by atoms with E-state index in [-0.39, 0.29) is 23.7 Å². The average Bonchev–Trinajstić information content (AvgIpc) is 3.58. The van der Waals surface area contributed by atoms with Gasteiger partial charge in [0.2, 0.25) is 11.8 Å². The van der Waals surface area contributed by atoms with E-state index in [2.05, 4.69) is 12.2 Å². The molecule has 0 radical (unpaired) electrons. The molecule has 5 nitrogen and oxygen atoms in total. The van der Waals surface area contributed by atoms with Gasteiger partial charge in [-0.2, -0.15) is 0 Å². The molecule has 1 unspecified atom stereocenters. The minimum Gasteiger partial charge on any atom is -0.497 e. The molecule has 2 aromatic carbocycles. The molecule has 0 bridgehead atoms. The molecule has 1 N–H and O–H groups in total. The highest BCUT2D eigenvalue weighted by atomic mass is 16.5. The molecule has 4 rings (SSSR count). The van der Waals surface area contributed by atoms with E-state index >= 15 is 0 Å². The van der Waals surface area contributed by atoms with Crippen molar-refractivity contribution in [2.45, 2.75) is 44.9 Å². The summed E-state index contributed by atoms with van der Waals surface area (Å²) in [5, 5.41) is 3.03. The largest absolute Gasteiger partial charge is 0.497 e. The summed E-state index contributed by atoms with van der Waals surface area (Å²) in [7, 11) is 1.64. The van der Waals surface area contributed by atoms with Crippen LogP contribution in [0.15, 0.2) is 42.5 Å². The number of nitrogens with one attached hydrogen (secondary N) is 1. The number of fused-ring (bicyclic) bond motifs is 1. The highest BCUT2D eigenvalue weighted by molar-refractivity contribution is 5.98. The van der Waals surface area contributed by atoms with Gasteiger partial charge in [0, 0.05) is 30.3 Å². The molecule has 1 aliphatic heterocycles. The van der Waals surface area contributed by atoms with Crippen LogP contribution in [-0.4, -0.2) is 25.5 Å². The van der Waals surface area contributed by atoms with Crippen LogP contribution in [0.1, 0.15) is 49.7 Å². The predicted octanol–water partition coefficient (Wildman–Crippen LogP) is 4.52. The number of hydrogen-bond donors (Lipinski definition) is 1. The number of rotatable bonds is 6. The number of aryl methyl sites for hydroxylation is 1. The number of carbonyl (C=O) groups excluding carboxylic acids is 2. The first-order valence-electron chi connectivity index (χ1n) is 10.4. The quantitative estimate of drug-likeness (QED) is 0.786. The van der Waals surface area contributed by atoms with E-state index in [1.807, 2.05) is 47.4 Å². The number of benzene rings is 2. The Hall–Kier alpha value is -2.82. The van der Waals surface area contributed by atoms with Gasteiger partial charge in [0.15, 0.2) is 0 Å². The van der Waals surface area contributed by atoms with Crippen molar-refractivity contribution >= 4 is 23.2 Å². The van der Waals surface area contributed by atoms with Gasteiger partial charge in [-0.25, -0.2) is 0 Å². The zero-order chi connectivity index (χ0) is 20.4. The molecular weight excluding hydrogens is 364 g/mol. The van der Waals surface area contributed by atoms with Gasteiger partial charge >= 0.3 is 0 Å². The predicted molar refractivity (Wildman–Crippen MR) is 114 cm³/mol. The third-order valence-electron chi connectivity index (χ3n) is 5.85. The Morgan fingerprint density at radius 1 is 1.17 bits per heavy atom. The SMILES string of the molecule is COc1ccc(C(C)CC(=O)Nc2ccc3c(c2)CCCN3C(=O)C2CC2)cc1. The summed E-state index contributed by atoms with van der Waals surface area (Å²) in [4.78, 5) is 27.0. The molecule has 29 heavy (non-hydrogen) atoms. The van der Waals surface area contributed by atoms with Crippen molar-refractivity contribution in [3.63, 3.8) is 0 Å². The molecule has 2 amide bonds. The number of carbonyl (C=O) groups is 2. The van der Waals surface area contributed by atoms with Crippen molar-refractivity contribution in [2.24, 2.45) is 5.92 Å². The lowest BCUT2D eigenvalue weighted by Crippen LogP contribution is -2.36. The maximum absolute atomic E-state index is 12.6. The summed E-state index contributed by atoms with van der Waals surface area (Å²) in [6.45, 7) is 2.85. The summed E-state index contributed by atoms with van der Waals surface area (Å²) in [6.07, 6.45) is 4.36. The molecule has 0 saturated heterocycles. The van der Waals surface area contributed by atoms with Crippen LogP contribution in [0.4, 0.5) is 11.4 Å². The number of anilines is 2. The third kappa shape index (κ3) is 4.44. The minimum absolute atomic E-state index is 0.00464. The van der Waals surface area contributed by atoms with Crippen LogP contribution in [0.5, 0.6) is 5.75 Å². The second kappa shape index (κ2) is 8.27. The Morgan fingerprint density at radius 3 is 2.62 bits per heavy atom. The van der Waals surface area contributed by atoms with E-state index in [1.54, 1.807) is 7.11 Å². The summed E-state index contributed by atoms with van der Waals surface area (Å²) in [6, 6.07) is 13.8. The van der Waals surface area contributed by atoms with Gasteiger partial charge < -0.3 is 15.0 Å². The van der Waals surface area contributed by atoms with Gasteiger partial charge in [0.1, 0.15) is 5.75 Å². The fraction of sp³-hybridized carbons (Fsp3) is 0.417. The zero-order valence-corrected chi connectivity index (χ0v) is 17.1. The molecule has 152 valence electrons. The fourth-order valence-corrected chi connectivity index (χ4v) is 3.99. The van der Waals surface area contributed by atoms with E-state index in [4.69, 9.17) is 4.74 Å². The van der Waals surface area contributed by atoms with E-state index in [0.29, 0.717) is 6.42 Å². The summed E-state index contributed by atoms with van der Waals surface area (Å²) in [5.74, 6) is 1.41. The summed E-state index contributed by atoms with van der Waals surface area (Å²) < 4.78 is 5.19. The van der Waals surface area contributed by atoms with Crippen LogP contribution in [-0.2, 0) is 16.0 Å². The lowest BCUT2D eigenvalue weighted by atomic mass is 9.97. The zero-order valence-electron chi connectivity index (χ0n) is 17.1. The van der Waals surface area contributed by atoms with Crippen molar-refractivity contribution in [1.29, 1.82) is 0 Å². The molecule has 2 aliphatic rings. The van der Waals surface area contributed by atoms with Crippen molar-refractivity contribution in [2.75, 3.05) is 23.9 Å². The molecule has 1 saturated carbocycles. The van der Waals surface area contributed by atoms with Crippen LogP contribution in [0.2, 0.25) is 0 Å². The second-order valence-electron chi connectivity index (χ2n) is 8.14. The summed E-state index contributed by atoms with van der Waals surface area (Å²) >= 11 is 0. The second-order valence-corrected chi connectivity index (χ2v) is 8.14. The van der Waals surface area contributed by atoms with Gasteiger partial charge in [0.25, 0.3) is 0 Å². The Kier molecular flexibility index (Phi) is 5.56. The smallest absolute Gasteiger partial charge is 0.230 e. The number of ether oxygens (including phenoxy) is 1. The first-order chi connectivity index (χ1) is 14.0. The van der Waals surface area contributed by atoms with Crippen LogP contribution in [0.3, 0.4) is 0 Å². The van der Waals surface area contributed by atoms with Crippen LogP contribution >= 0.6 is 0 Å². The lowest BCUT2D eigenvalue weighted by Gasteiger charge is -2.30. The van der Waals surface area contributed by atoms with E-state index in [0.717, 1.165) is 60.5 Å². The monoisotopic (exact) mass is 392 g/mol. The maximum atomic E-state index is 12.6. The van der Waals surface area contributed by atoms with Crippen LogP contribution in [0, 0.1) is 5.92 Å². The number of nitrogens with zero attached hydrogens (tertiary/aromatic N) is 1. The first-order valence-corrected chi connectivity index (χ1v) is 10.4. The molecule has 1 atom stereocenters. The Morgan fingerprint density at radius 2 is 1.93 bits per heavy atom. The molecule has 1 aliphatic carbocycles. The van der Waals surface area contributed by atoms with Gasteiger partial charge in [-0.05, 0) is 73.1 Å². The van der Waals surface area contributed by atoms with Crippen molar-refractivity contribution < 1.29 is 14.3 Å². The molecule has 5 heteroatoms. The molecule has 2 aromatic rings. The first kappa shape index (κ1) is 19.5. The third-order valence-corrected chi connectivity index (χ3v) is 5.85. The Bertz CT molecular complexity index is 903. The van der Waals surface area contributed by atoms with Crippen molar-refractivity contribution in [3.8, 4) is 5.75 Å². The highest BCUT2D eigenvalue weighted by Crippen LogP contribution is 2.36. The number of methoxy groups -OCH3 is 1. The molecule has 0 aromatic heterocycles. The lowest BCUT2D eigenvalue weighted by molar-refractivity contribution is -0.120.